The first kappa shape index (κ1) is 20.7. The number of likely N-dealkylation sites (tertiary alicyclic amines) is 1. The molecule has 1 aliphatic heterocycles. The summed E-state index contributed by atoms with van der Waals surface area (Å²) in [7, 11) is 3.47. The first-order chi connectivity index (χ1) is 14.1. The molecule has 1 atom stereocenters. The molecular formula is C24H36N2O3. The van der Waals surface area contributed by atoms with Gasteiger partial charge in [-0.25, -0.2) is 0 Å². The summed E-state index contributed by atoms with van der Waals surface area (Å²) in [5, 5.41) is 0. The number of methoxy groups -OCH3 is 2. The summed E-state index contributed by atoms with van der Waals surface area (Å²) in [5.74, 6) is 2.28. The first-order valence-corrected chi connectivity index (χ1v) is 11.3. The number of rotatable bonds is 9. The van der Waals surface area contributed by atoms with Crippen LogP contribution in [-0.2, 0) is 16.1 Å². The molecule has 160 valence electrons. The lowest BCUT2D eigenvalue weighted by Crippen LogP contribution is -2.43. The molecule has 1 spiro atoms. The number of para-hydroxylation sites is 1. The normalized spacial score (nSPS) is 23.6. The van der Waals surface area contributed by atoms with Crippen LogP contribution in [0.3, 0.4) is 0 Å². The fraction of sp³-hybridized carbons (Fsp3) is 0.708. The van der Waals surface area contributed by atoms with Gasteiger partial charge < -0.3 is 14.4 Å². The van der Waals surface area contributed by atoms with Crippen LogP contribution in [-0.4, -0.2) is 62.7 Å². The summed E-state index contributed by atoms with van der Waals surface area (Å²) in [5.41, 5.74) is 1.66. The average Bonchev–Trinajstić information content (AvgIpc) is 3.49. The Kier molecular flexibility index (Phi) is 6.45. The van der Waals surface area contributed by atoms with E-state index in [1.165, 1.54) is 24.8 Å². The van der Waals surface area contributed by atoms with E-state index in [4.69, 9.17) is 9.47 Å². The van der Waals surface area contributed by atoms with Gasteiger partial charge in [-0.15, -0.1) is 0 Å². The van der Waals surface area contributed by atoms with Crippen LogP contribution in [0.1, 0.15) is 44.1 Å². The van der Waals surface area contributed by atoms with Gasteiger partial charge in [-0.1, -0.05) is 24.6 Å². The molecule has 5 heteroatoms. The maximum atomic E-state index is 13.1. The minimum atomic E-state index is 0.304. The van der Waals surface area contributed by atoms with Crippen molar-refractivity contribution in [1.82, 2.24) is 9.80 Å². The zero-order valence-corrected chi connectivity index (χ0v) is 18.1. The van der Waals surface area contributed by atoms with E-state index in [2.05, 4.69) is 21.9 Å². The van der Waals surface area contributed by atoms with Gasteiger partial charge in [0.2, 0.25) is 5.91 Å². The number of hydrogen-bond donors (Lipinski definition) is 0. The smallest absolute Gasteiger partial charge is 0.226 e. The molecule has 1 aromatic rings. The number of ether oxygens (including phenoxy) is 2. The zero-order valence-electron chi connectivity index (χ0n) is 18.1. The fourth-order valence-electron chi connectivity index (χ4n) is 5.31. The van der Waals surface area contributed by atoms with Gasteiger partial charge in [0.25, 0.3) is 0 Å². The number of carbonyl (C=O) groups excluding carboxylic acids is 1. The van der Waals surface area contributed by atoms with Crippen molar-refractivity contribution in [3.63, 3.8) is 0 Å². The van der Waals surface area contributed by atoms with Crippen molar-refractivity contribution in [3.05, 3.63) is 29.8 Å². The van der Waals surface area contributed by atoms with Gasteiger partial charge in [0.05, 0.1) is 13.7 Å². The fourth-order valence-corrected chi connectivity index (χ4v) is 5.31. The Hall–Kier alpha value is -1.59. The van der Waals surface area contributed by atoms with Crippen molar-refractivity contribution in [3.8, 4) is 5.75 Å². The molecule has 3 fully saturated rings. The highest BCUT2D eigenvalue weighted by Crippen LogP contribution is 2.65. The highest BCUT2D eigenvalue weighted by Gasteiger charge is 2.61. The molecule has 1 aromatic carbocycles. The molecule has 29 heavy (non-hydrogen) atoms. The Bertz CT molecular complexity index is 695. The SMILES string of the molecule is COCCN(CC1CCN(Cc2ccccc2OC)CC1)C(=O)[C@H]1CC12CCC2. The third-order valence-electron chi connectivity index (χ3n) is 7.49. The Morgan fingerprint density at radius 2 is 1.97 bits per heavy atom. The largest absolute Gasteiger partial charge is 0.496 e. The standard InChI is InChI=1S/C24H36N2O3/c1-28-15-14-26(23(27)21-16-24(21)10-5-11-24)17-19-8-12-25(13-9-19)18-20-6-3-4-7-22(20)29-2/h3-4,6-7,19,21H,5,8-18H2,1-2H3/t21-/m1/s1. The van der Waals surface area contributed by atoms with Gasteiger partial charge in [-0.05, 0) is 62.6 Å². The molecule has 1 amide bonds. The predicted molar refractivity (Wildman–Crippen MR) is 114 cm³/mol. The monoisotopic (exact) mass is 400 g/mol. The van der Waals surface area contributed by atoms with E-state index in [-0.39, 0.29) is 0 Å². The van der Waals surface area contributed by atoms with Gasteiger partial charge in [-0.3, -0.25) is 9.69 Å². The van der Waals surface area contributed by atoms with Gasteiger partial charge in [0, 0.05) is 38.2 Å². The van der Waals surface area contributed by atoms with Crippen molar-refractivity contribution < 1.29 is 14.3 Å². The first-order valence-electron chi connectivity index (χ1n) is 11.3. The molecule has 4 rings (SSSR count). The molecule has 0 unspecified atom stereocenters. The van der Waals surface area contributed by atoms with Crippen LogP contribution in [0.2, 0.25) is 0 Å². The Morgan fingerprint density at radius 1 is 1.21 bits per heavy atom. The predicted octanol–water partition coefficient (Wildman–Crippen LogP) is 3.57. The molecule has 1 heterocycles. The van der Waals surface area contributed by atoms with Crippen LogP contribution < -0.4 is 4.74 Å². The molecule has 0 aromatic heterocycles. The lowest BCUT2D eigenvalue weighted by molar-refractivity contribution is -0.135. The molecule has 0 bridgehead atoms. The quantitative estimate of drug-likeness (QED) is 0.635. The van der Waals surface area contributed by atoms with Crippen molar-refractivity contribution in [2.24, 2.45) is 17.3 Å². The van der Waals surface area contributed by atoms with E-state index < -0.39 is 0 Å². The number of amides is 1. The lowest BCUT2D eigenvalue weighted by Gasteiger charge is -2.36. The highest BCUT2D eigenvalue weighted by atomic mass is 16.5. The third kappa shape index (κ3) is 4.61. The van der Waals surface area contributed by atoms with Crippen LogP contribution >= 0.6 is 0 Å². The van der Waals surface area contributed by atoms with Gasteiger partial charge >= 0.3 is 0 Å². The van der Waals surface area contributed by atoms with Crippen LogP contribution in [0.25, 0.3) is 0 Å². The average molecular weight is 401 g/mol. The number of piperidine rings is 1. The summed E-state index contributed by atoms with van der Waals surface area (Å²) in [6.45, 7) is 5.39. The highest BCUT2D eigenvalue weighted by molar-refractivity contribution is 5.83. The maximum absolute atomic E-state index is 13.1. The third-order valence-corrected chi connectivity index (χ3v) is 7.49. The number of carbonyl (C=O) groups is 1. The van der Waals surface area contributed by atoms with Gasteiger partial charge in [0.15, 0.2) is 0 Å². The minimum absolute atomic E-state index is 0.304. The second-order valence-corrected chi connectivity index (χ2v) is 9.28. The van der Waals surface area contributed by atoms with Gasteiger partial charge in [-0.2, -0.15) is 0 Å². The second kappa shape index (κ2) is 9.05. The zero-order chi connectivity index (χ0) is 20.3. The summed E-state index contributed by atoms with van der Waals surface area (Å²) >= 11 is 0. The Balaban J connectivity index is 1.28. The molecular weight excluding hydrogens is 364 g/mol. The number of benzene rings is 1. The molecule has 2 aliphatic carbocycles. The second-order valence-electron chi connectivity index (χ2n) is 9.28. The number of hydrogen-bond acceptors (Lipinski definition) is 4. The van der Waals surface area contributed by atoms with Gasteiger partial charge in [0.1, 0.15) is 5.75 Å². The van der Waals surface area contributed by atoms with E-state index in [0.29, 0.717) is 29.8 Å². The van der Waals surface area contributed by atoms with E-state index >= 15 is 0 Å². The van der Waals surface area contributed by atoms with E-state index in [0.717, 1.165) is 57.7 Å². The van der Waals surface area contributed by atoms with Crippen LogP contribution in [0, 0.1) is 17.3 Å². The molecule has 0 radical (unpaired) electrons. The van der Waals surface area contributed by atoms with Crippen LogP contribution in [0.5, 0.6) is 5.75 Å². The maximum Gasteiger partial charge on any atom is 0.226 e. The lowest BCUT2D eigenvalue weighted by atomic mass is 9.79. The summed E-state index contributed by atoms with van der Waals surface area (Å²) in [6, 6.07) is 8.29. The molecule has 5 nitrogen and oxygen atoms in total. The molecule has 2 saturated carbocycles. The Labute approximate surface area is 175 Å². The van der Waals surface area contributed by atoms with Crippen LogP contribution in [0.15, 0.2) is 24.3 Å². The minimum Gasteiger partial charge on any atom is -0.496 e. The van der Waals surface area contributed by atoms with Crippen LogP contribution in [0.4, 0.5) is 0 Å². The summed E-state index contributed by atoms with van der Waals surface area (Å²) in [6.07, 6.45) is 7.29. The summed E-state index contributed by atoms with van der Waals surface area (Å²) < 4.78 is 10.8. The topological polar surface area (TPSA) is 42.0 Å². The molecule has 1 saturated heterocycles. The molecule has 0 N–H and O–H groups in total. The Morgan fingerprint density at radius 3 is 2.59 bits per heavy atom. The van der Waals surface area contributed by atoms with E-state index in [1.807, 2.05) is 12.1 Å². The summed E-state index contributed by atoms with van der Waals surface area (Å²) in [4.78, 5) is 17.8. The van der Waals surface area contributed by atoms with Crippen molar-refractivity contribution in [1.29, 1.82) is 0 Å². The molecule has 3 aliphatic rings. The van der Waals surface area contributed by atoms with Crippen molar-refractivity contribution >= 4 is 5.91 Å². The van der Waals surface area contributed by atoms with E-state index in [9.17, 15) is 4.79 Å². The van der Waals surface area contributed by atoms with Crippen molar-refractivity contribution in [2.75, 3.05) is 47.0 Å². The van der Waals surface area contributed by atoms with Crippen molar-refractivity contribution in [2.45, 2.75) is 45.1 Å². The van der Waals surface area contributed by atoms with E-state index in [1.54, 1.807) is 14.2 Å². The number of nitrogens with zero attached hydrogens (tertiary/aromatic N) is 2.